The zero-order chi connectivity index (χ0) is 13.4. The molecule has 5 heteroatoms. The van der Waals surface area contributed by atoms with Gasteiger partial charge in [0.05, 0.1) is 12.2 Å². The van der Waals surface area contributed by atoms with Crippen LogP contribution in [0, 0.1) is 6.92 Å². The van der Waals surface area contributed by atoms with Gasteiger partial charge in [-0.3, -0.25) is 0 Å². The first-order valence-electron chi connectivity index (χ1n) is 6.58. The predicted octanol–water partition coefficient (Wildman–Crippen LogP) is 0.260. The smallest absolute Gasteiger partial charge is 0.338 e. The van der Waals surface area contributed by atoms with Crippen molar-refractivity contribution in [2.24, 2.45) is 0 Å². The van der Waals surface area contributed by atoms with Crippen molar-refractivity contribution < 1.29 is 14.6 Å². The van der Waals surface area contributed by atoms with E-state index < -0.39 is 0 Å². The first kappa shape index (κ1) is 12.6. The molecule has 0 aliphatic carbocycles. The number of aliphatic hydroxyl groups is 1. The summed E-state index contributed by atoms with van der Waals surface area (Å²) in [6.45, 7) is 4.12. The molecule has 2 aliphatic rings. The van der Waals surface area contributed by atoms with Crippen LogP contribution in [0.15, 0.2) is 12.1 Å². The van der Waals surface area contributed by atoms with Crippen LogP contribution in [0.5, 0.6) is 0 Å². The van der Waals surface area contributed by atoms with Crippen LogP contribution in [0.2, 0.25) is 0 Å². The van der Waals surface area contributed by atoms with Crippen LogP contribution < -0.4 is 10.6 Å². The topological polar surface area (TPSA) is 70.6 Å². The van der Waals surface area contributed by atoms with E-state index in [0.29, 0.717) is 12.2 Å². The van der Waals surface area contributed by atoms with Crippen LogP contribution in [0.4, 0.5) is 0 Å². The summed E-state index contributed by atoms with van der Waals surface area (Å²) in [4.78, 5) is 11.5. The minimum absolute atomic E-state index is 0.0734. The summed E-state index contributed by atoms with van der Waals surface area (Å²) in [6, 6.07) is 4.06. The number of carbonyl (C=O) groups is 1. The molecule has 102 valence electrons. The van der Waals surface area contributed by atoms with Crippen molar-refractivity contribution in [3.8, 4) is 0 Å². The van der Waals surface area contributed by atoms with E-state index in [9.17, 15) is 9.90 Å². The van der Waals surface area contributed by atoms with Gasteiger partial charge in [-0.1, -0.05) is 6.07 Å². The van der Waals surface area contributed by atoms with E-state index in [0.717, 1.165) is 24.2 Å². The van der Waals surface area contributed by atoms with Crippen LogP contribution in [-0.2, 0) is 11.3 Å². The van der Waals surface area contributed by atoms with Crippen molar-refractivity contribution in [2.45, 2.75) is 25.6 Å². The van der Waals surface area contributed by atoms with Crippen LogP contribution in [0.25, 0.3) is 0 Å². The number of rotatable bonds is 2. The molecule has 0 spiro atoms. The molecule has 19 heavy (non-hydrogen) atoms. The molecule has 2 atom stereocenters. The Kier molecular flexibility index (Phi) is 3.26. The number of carbonyl (C=O) groups excluding carboxylic acids is 1. The van der Waals surface area contributed by atoms with Gasteiger partial charge in [0.1, 0.15) is 6.61 Å². The Bertz CT molecular complexity index is 516. The Hall–Kier alpha value is -1.43. The number of hydrogen-bond donors (Lipinski definition) is 3. The van der Waals surface area contributed by atoms with Crippen molar-refractivity contribution >= 4 is 5.97 Å². The minimum atomic E-state index is -0.229. The van der Waals surface area contributed by atoms with Gasteiger partial charge < -0.3 is 20.5 Å². The van der Waals surface area contributed by atoms with E-state index in [1.165, 1.54) is 5.56 Å². The normalized spacial score (nSPS) is 26.1. The van der Waals surface area contributed by atoms with Gasteiger partial charge in [0.25, 0.3) is 0 Å². The number of aliphatic hydroxyl groups excluding tert-OH is 1. The highest BCUT2D eigenvalue weighted by Crippen LogP contribution is 2.29. The fourth-order valence-corrected chi connectivity index (χ4v) is 2.87. The number of cyclic esters (lactones) is 1. The van der Waals surface area contributed by atoms with Crippen molar-refractivity contribution in [3.63, 3.8) is 0 Å². The lowest BCUT2D eigenvalue weighted by Gasteiger charge is -2.32. The fourth-order valence-electron chi connectivity index (χ4n) is 2.87. The summed E-state index contributed by atoms with van der Waals surface area (Å²) in [5.74, 6) is -0.229. The number of hydrogen-bond acceptors (Lipinski definition) is 5. The summed E-state index contributed by atoms with van der Waals surface area (Å²) in [6.07, 6.45) is 0. The second-order valence-electron chi connectivity index (χ2n) is 5.14. The molecule has 3 N–H and O–H groups in total. The maximum absolute atomic E-state index is 11.5. The van der Waals surface area contributed by atoms with E-state index in [1.54, 1.807) is 0 Å². The van der Waals surface area contributed by atoms with Gasteiger partial charge in [-0.05, 0) is 24.1 Å². The lowest BCUT2D eigenvalue weighted by Crippen LogP contribution is -2.52. The molecule has 3 rings (SSSR count). The van der Waals surface area contributed by atoms with Crippen LogP contribution in [-0.4, -0.2) is 36.8 Å². The van der Waals surface area contributed by atoms with E-state index in [2.05, 4.69) is 10.6 Å². The molecule has 0 amide bonds. The summed E-state index contributed by atoms with van der Waals surface area (Å²) in [7, 11) is 0. The molecule has 0 bridgehead atoms. The maximum Gasteiger partial charge on any atom is 0.338 e. The monoisotopic (exact) mass is 262 g/mol. The average molecular weight is 262 g/mol. The molecular weight excluding hydrogens is 244 g/mol. The van der Waals surface area contributed by atoms with Gasteiger partial charge in [-0.25, -0.2) is 4.79 Å². The largest absolute Gasteiger partial charge is 0.457 e. The number of ether oxygens (including phenoxy) is 1. The molecular formula is C14H18N2O3. The first-order chi connectivity index (χ1) is 9.20. The zero-order valence-corrected chi connectivity index (χ0v) is 10.9. The number of esters is 1. The molecule has 1 fully saturated rings. The van der Waals surface area contributed by atoms with Crippen molar-refractivity contribution in [1.29, 1.82) is 0 Å². The second kappa shape index (κ2) is 4.92. The zero-order valence-electron chi connectivity index (χ0n) is 10.9. The van der Waals surface area contributed by atoms with E-state index >= 15 is 0 Å². The van der Waals surface area contributed by atoms with Crippen molar-refractivity contribution in [3.05, 3.63) is 34.4 Å². The van der Waals surface area contributed by atoms with Gasteiger partial charge >= 0.3 is 5.97 Å². The number of benzene rings is 1. The van der Waals surface area contributed by atoms with E-state index in [1.807, 2.05) is 19.1 Å². The standard InChI is InChI=1S/C14H18N2O3/c1-8-10(13-5-15-4-9(6-17)16-13)2-3-11-12(8)7-19-14(11)18/h2-3,9,13,15-17H,4-7H2,1H3/t9-,13+/m1/s1. The Morgan fingerprint density at radius 1 is 1.42 bits per heavy atom. The van der Waals surface area contributed by atoms with Crippen LogP contribution >= 0.6 is 0 Å². The average Bonchev–Trinajstić information content (AvgIpc) is 2.82. The summed E-state index contributed by atoms with van der Waals surface area (Å²) in [5.41, 5.74) is 3.96. The minimum Gasteiger partial charge on any atom is -0.457 e. The molecule has 1 aromatic rings. The van der Waals surface area contributed by atoms with E-state index in [-0.39, 0.29) is 24.7 Å². The summed E-state index contributed by atoms with van der Waals surface area (Å²) < 4.78 is 5.07. The Labute approximate surface area is 112 Å². The predicted molar refractivity (Wildman–Crippen MR) is 69.9 cm³/mol. The highest BCUT2D eigenvalue weighted by molar-refractivity contribution is 5.93. The summed E-state index contributed by atoms with van der Waals surface area (Å²) in [5, 5.41) is 16.0. The molecule has 2 heterocycles. The summed E-state index contributed by atoms with van der Waals surface area (Å²) >= 11 is 0. The Balaban J connectivity index is 1.91. The fraction of sp³-hybridized carbons (Fsp3) is 0.500. The SMILES string of the molecule is Cc1c([C@@H]2CNC[C@H](CO)N2)ccc2c1COC2=O. The van der Waals surface area contributed by atoms with Gasteiger partial charge in [0.2, 0.25) is 0 Å². The lowest BCUT2D eigenvalue weighted by atomic mass is 9.93. The van der Waals surface area contributed by atoms with Crippen molar-refractivity contribution in [1.82, 2.24) is 10.6 Å². The second-order valence-corrected chi connectivity index (χ2v) is 5.14. The molecule has 5 nitrogen and oxygen atoms in total. The van der Waals surface area contributed by atoms with E-state index in [4.69, 9.17) is 4.74 Å². The van der Waals surface area contributed by atoms with Crippen molar-refractivity contribution in [2.75, 3.05) is 19.7 Å². The molecule has 0 aromatic heterocycles. The third-order valence-corrected chi connectivity index (χ3v) is 3.98. The highest BCUT2D eigenvalue weighted by atomic mass is 16.5. The Morgan fingerprint density at radius 2 is 2.26 bits per heavy atom. The molecule has 1 aromatic carbocycles. The molecule has 0 radical (unpaired) electrons. The first-order valence-corrected chi connectivity index (χ1v) is 6.58. The molecule has 2 aliphatic heterocycles. The molecule has 1 saturated heterocycles. The molecule has 0 unspecified atom stereocenters. The van der Waals surface area contributed by atoms with Crippen LogP contribution in [0.3, 0.4) is 0 Å². The highest BCUT2D eigenvalue weighted by Gasteiger charge is 2.28. The maximum atomic E-state index is 11.5. The molecule has 0 saturated carbocycles. The third-order valence-electron chi connectivity index (χ3n) is 3.98. The number of piperazine rings is 1. The third kappa shape index (κ3) is 2.14. The number of nitrogens with one attached hydrogen (secondary N) is 2. The Morgan fingerprint density at radius 3 is 3.05 bits per heavy atom. The van der Waals surface area contributed by atoms with Gasteiger partial charge in [-0.2, -0.15) is 0 Å². The van der Waals surface area contributed by atoms with Gasteiger partial charge in [0.15, 0.2) is 0 Å². The number of fused-ring (bicyclic) bond motifs is 1. The quantitative estimate of drug-likeness (QED) is 0.667. The van der Waals surface area contributed by atoms with Gasteiger partial charge in [0, 0.05) is 30.7 Å². The van der Waals surface area contributed by atoms with Gasteiger partial charge in [-0.15, -0.1) is 0 Å². The van der Waals surface area contributed by atoms with Crippen LogP contribution in [0.1, 0.15) is 33.1 Å². The lowest BCUT2D eigenvalue weighted by molar-refractivity contribution is 0.0535.